The number of nitrogens with one attached hydrogen (secondary N) is 1. The Morgan fingerprint density at radius 3 is 2.40 bits per heavy atom. The van der Waals surface area contributed by atoms with E-state index in [-0.39, 0.29) is 11.5 Å². The Labute approximate surface area is 174 Å². The van der Waals surface area contributed by atoms with Gasteiger partial charge in [-0.1, -0.05) is 66.7 Å². The van der Waals surface area contributed by atoms with Crippen molar-refractivity contribution in [1.82, 2.24) is 15.1 Å². The van der Waals surface area contributed by atoms with Crippen LogP contribution in [0.4, 0.5) is 0 Å². The molecule has 0 aliphatic carbocycles. The number of amides is 1. The minimum atomic E-state index is -0.195. The number of H-pyrrole nitrogens is 1. The number of hydrogen-bond acceptors (Lipinski definition) is 3. The van der Waals surface area contributed by atoms with Gasteiger partial charge in [0.15, 0.2) is 0 Å². The summed E-state index contributed by atoms with van der Waals surface area (Å²) in [6.45, 7) is 1.45. The van der Waals surface area contributed by atoms with Crippen LogP contribution in [0.5, 0.6) is 0 Å². The van der Waals surface area contributed by atoms with Gasteiger partial charge in [0, 0.05) is 24.0 Å². The van der Waals surface area contributed by atoms with E-state index in [0.717, 1.165) is 35.2 Å². The minimum absolute atomic E-state index is 0.143. The quantitative estimate of drug-likeness (QED) is 0.575. The fraction of sp³-hybridized carbons (Fsp3) is 0.160. The molecule has 1 aliphatic heterocycles. The summed E-state index contributed by atoms with van der Waals surface area (Å²) in [7, 11) is 0. The Morgan fingerprint density at radius 2 is 1.60 bits per heavy atom. The predicted octanol–water partition coefficient (Wildman–Crippen LogP) is 3.72. The molecule has 0 saturated carbocycles. The number of aromatic nitrogens is 2. The zero-order valence-corrected chi connectivity index (χ0v) is 16.5. The fourth-order valence-corrected chi connectivity index (χ4v) is 4.11. The third-order valence-electron chi connectivity index (χ3n) is 5.76. The molecule has 1 N–H and O–H groups in total. The highest BCUT2D eigenvalue weighted by Gasteiger charge is 2.20. The van der Waals surface area contributed by atoms with Gasteiger partial charge in [0.25, 0.3) is 5.56 Å². The molecular formula is C25H21N3O2. The molecule has 5 rings (SSSR count). The zero-order chi connectivity index (χ0) is 20.5. The third-order valence-corrected chi connectivity index (χ3v) is 5.76. The van der Waals surface area contributed by atoms with Crippen LogP contribution in [0, 0.1) is 0 Å². The lowest BCUT2D eigenvalue weighted by atomic mass is 9.99. The molecule has 5 heteroatoms. The molecule has 148 valence electrons. The van der Waals surface area contributed by atoms with Crippen molar-refractivity contribution in [2.75, 3.05) is 6.54 Å². The van der Waals surface area contributed by atoms with Gasteiger partial charge >= 0.3 is 0 Å². The van der Waals surface area contributed by atoms with E-state index >= 15 is 0 Å². The van der Waals surface area contributed by atoms with Crippen molar-refractivity contribution < 1.29 is 4.79 Å². The normalized spacial score (nSPS) is 13.3. The van der Waals surface area contributed by atoms with Crippen molar-refractivity contribution >= 4 is 16.7 Å². The van der Waals surface area contributed by atoms with Gasteiger partial charge in [0.1, 0.15) is 0 Å². The van der Waals surface area contributed by atoms with E-state index in [9.17, 15) is 9.59 Å². The average molecular weight is 395 g/mol. The molecule has 0 saturated heterocycles. The summed E-state index contributed by atoms with van der Waals surface area (Å²) in [4.78, 5) is 26.8. The summed E-state index contributed by atoms with van der Waals surface area (Å²) < 4.78 is 0. The molecule has 0 radical (unpaired) electrons. The van der Waals surface area contributed by atoms with Gasteiger partial charge in [-0.3, -0.25) is 9.59 Å². The summed E-state index contributed by atoms with van der Waals surface area (Å²) >= 11 is 0. The van der Waals surface area contributed by atoms with E-state index in [2.05, 4.69) is 28.4 Å². The van der Waals surface area contributed by atoms with Crippen LogP contribution < -0.4 is 5.56 Å². The number of carbonyl (C=O) groups excluding carboxylic acids is 1. The molecule has 3 aromatic carbocycles. The van der Waals surface area contributed by atoms with Crippen LogP contribution in [0.1, 0.15) is 16.7 Å². The topological polar surface area (TPSA) is 66.1 Å². The lowest BCUT2D eigenvalue weighted by molar-refractivity contribution is -0.131. The summed E-state index contributed by atoms with van der Waals surface area (Å²) in [5.41, 5.74) is 4.99. The number of carbonyl (C=O) groups is 1. The maximum atomic E-state index is 12.8. The minimum Gasteiger partial charge on any atom is -0.338 e. The van der Waals surface area contributed by atoms with Crippen LogP contribution in [0.2, 0.25) is 0 Å². The highest BCUT2D eigenvalue weighted by Crippen LogP contribution is 2.25. The lowest BCUT2D eigenvalue weighted by Crippen LogP contribution is -2.36. The van der Waals surface area contributed by atoms with Gasteiger partial charge in [0.05, 0.1) is 17.5 Å². The molecule has 1 amide bonds. The second-order valence-electron chi connectivity index (χ2n) is 7.65. The molecule has 1 aliphatic rings. The van der Waals surface area contributed by atoms with Gasteiger partial charge in [-0.15, -0.1) is 0 Å². The molecule has 5 nitrogen and oxygen atoms in total. The van der Waals surface area contributed by atoms with Crippen molar-refractivity contribution in [1.29, 1.82) is 0 Å². The smallest absolute Gasteiger partial charge is 0.272 e. The van der Waals surface area contributed by atoms with E-state index in [1.165, 1.54) is 11.1 Å². The van der Waals surface area contributed by atoms with E-state index in [1.54, 1.807) is 6.07 Å². The summed E-state index contributed by atoms with van der Waals surface area (Å²) in [5.74, 6) is 0.143. The molecule has 0 atom stereocenters. The molecule has 0 bridgehead atoms. The SMILES string of the molecule is O=C(Cc1ccc(-c2n[nH]c(=O)c3ccccc23)cc1)N1CCc2ccccc2C1. The highest BCUT2D eigenvalue weighted by molar-refractivity contribution is 5.93. The monoisotopic (exact) mass is 395 g/mol. The fourth-order valence-electron chi connectivity index (χ4n) is 4.11. The first-order chi connectivity index (χ1) is 14.7. The first-order valence-electron chi connectivity index (χ1n) is 10.1. The molecule has 4 aromatic rings. The second kappa shape index (κ2) is 7.59. The maximum absolute atomic E-state index is 12.8. The molecule has 0 unspecified atom stereocenters. The number of aromatic amines is 1. The van der Waals surface area contributed by atoms with E-state index < -0.39 is 0 Å². The van der Waals surface area contributed by atoms with Gasteiger partial charge in [-0.05, 0) is 29.2 Å². The molecule has 2 heterocycles. The van der Waals surface area contributed by atoms with Gasteiger partial charge in [-0.2, -0.15) is 5.10 Å². The van der Waals surface area contributed by atoms with Crippen LogP contribution in [0.25, 0.3) is 22.0 Å². The Hall–Kier alpha value is -3.73. The number of rotatable bonds is 3. The molecule has 1 aromatic heterocycles. The Balaban J connectivity index is 1.35. The van der Waals surface area contributed by atoms with Crippen molar-refractivity contribution in [2.24, 2.45) is 0 Å². The van der Waals surface area contributed by atoms with Crippen molar-refractivity contribution in [3.05, 3.63) is 99.8 Å². The second-order valence-corrected chi connectivity index (χ2v) is 7.65. The highest BCUT2D eigenvalue weighted by atomic mass is 16.2. The van der Waals surface area contributed by atoms with E-state index in [0.29, 0.717) is 18.4 Å². The molecular weight excluding hydrogens is 374 g/mol. The summed E-state index contributed by atoms with van der Waals surface area (Å²) in [5, 5.41) is 8.26. The number of hydrogen-bond donors (Lipinski definition) is 1. The molecule has 0 spiro atoms. The zero-order valence-electron chi connectivity index (χ0n) is 16.5. The van der Waals surface area contributed by atoms with Crippen LogP contribution >= 0.6 is 0 Å². The molecule has 30 heavy (non-hydrogen) atoms. The van der Waals surface area contributed by atoms with Gasteiger partial charge in [-0.25, -0.2) is 5.10 Å². The summed E-state index contributed by atoms with van der Waals surface area (Å²) in [6, 6.07) is 23.6. The Bertz CT molecular complexity index is 1290. The average Bonchev–Trinajstić information content (AvgIpc) is 2.80. The number of nitrogens with zero attached hydrogens (tertiary/aromatic N) is 2. The van der Waals surface area contributed by atoms with Crippen molar-refractivity contribution in [2.45, 2.75) is 19.4 Å². The standard InChI is InChI=1S/C25H21N3O2/c29-23(28-14-13-18-5-1-2-6-20(18)16-28)15-17-9-11-19(12-10-17)24-21-7-3-4-8-22(21)25(30)27-26-24/h1-12H,13-16H2,(H,27,30). The molecule has 0 fully saturated rings. The van der Waals surface area contributed by atoms with E-state index in [4.69, 9.17) is 0 Å². The maximum Gasteiger partial charge on any atom is 0.272 e. The number of benzene rings is 3. The van der Waals surface area contributed by atoms with Crippen molar-refractivity contribution in [3.63, 3.8) is 0 Å². The predicted molar refractivity (Wildman–Crippen MR) is 117 cm³/mol. The number of fused-ring (bicyclic) bond motifs is 2. The van der Waals surface area contributed by atoms with Gasteiger partial charge < -0.3 is 4.90 Å². The van der Waals surface area contributed by atoms with Crippen molar-refractivity contribution in [3.8, 4) is 11.3 Å². The Morgan fingerprint density at radius 1 is 0.900 bits per heavy atom. The van der Waals surface area contributed by atoms with Crippen LogP contribution in [-0.4, -0.2) is 27.5 Å². The van der Waals surface area contributed by atoms with Crippen LogP contribution in [-0.2, 0) is 24.2 Å². The lowest BCUT2D eigenvalue weighted by Gasteiger charge is -2.29. The van der Waals surface area contributed by atoms with Gasteiger partial charge in [0.2, 0.25) is 5.91 Å². The largest absolute Gasteiger partial charge is 0.338 e. The van der Waals surface area contributed by atoms with E-state index in [1.807, 2.05) is 53.4 Å². The summed E-state index contributed by atoms with van der Waals surface area (Å²) in [6.07, 6.45) is 1.29. The first kappa shape index (κ1) is 18.3. The first-order valence-corrected chi connectivity index (χ1v) is 10.1. The third kappa shape index (κ3) is 3.39. The van der Waals surface area contributed by atoms with Crippen LogP contribution in [0.15, 0.2) is 77.6 Å². The Kier molecular flexibility index (Phi) is 4.64. The van der Waals surface area contributed by atoms with Crippen LogP contribution in [0.3, 0.4) is 0 Å².